The van der Waals surface area contributed by atoms with Crippen LogP contribution in [0.3, 0.4) is 0 Å². The van der Waals surface area contributed by atoms with Gasteiger partial charge in [0.15, 0.2) is 0 Å². The zero-order valence-electron chi connectivity index (χ0n) is 14.0. The highest BCUT2D eigenvalue weighted by Gasteiger charge is 2.40. The Labute approximate surface area is 130 Å². The van der Waals surface area contributed by atoms with E-state index in [1.54, 1.807) is 0 Å². The molecule has 0 bridgehead atoms. The molecule has 0 spiro atoms. The third-order valence-electron chi connectivity index (χ3n) is 5.54. The third kappa shape index (κ3) is 4.08. The molecule has 2 N–H and O–H groups in total. The molecule has 0 aromatic heterocycles. The molecule has 0 radical (unpaired) electrons. The Bertz CT molecular complexity index is 405. The minimum Gasteiger partial charge on any atom is -0.326 e. The summed E-state index contributed by atoms with van der Waals surface area (Å²) in [6.45, 7) is 2.38. The number of benzene rings is 1. The van der Waals surface area contributed by atoms with Crippen molar-refractivity contribution < 1.29 is 0 Å². The van der Waals surface area contributed by atoms with Gasteiger partial charge in [-0.1, -0.05) is 37.3 Å². The highest BCUT2D eigenvalue weighted by molar-refractivity contribution is 5.14. The monoisotopic (exact) mass is 288 g/mol. The van der Waals surface area contributed by atoms with E-state index in [2.05, 4.69) is 56.3 Å². The van der Waals surface area contributed by atoms with Gasteiger partial charge in [0.2, 0.25) is 0 Å². The van der Waals surface area contributed by atoms with Crippen molar-refractivity contribution in [2.24, 2.45) is 11.7 Å². The van der Waals surface area contributed by atoms with E-state index >= 15 is 0 Å². The smallest absolute Gasteiger partial charge is 0.0354 e. The molecule has 2 rings (SSSR count). The summed E-state index contributed by atoms with van der Waals surface area (Å²) >= 11 is 0. The number of hydrogen-bond acceptors (Lipinski definition) is 2. The first-order valence-corrected chi connectivity index (χ1v) is 8.51. The molecule has 1 aromatic carbocycles. The molecule has 2 nitrogen and oxygen atoms in total. The van der Waals surface area contributed by atoms with Gasteiger partial charge in [0, 0.05) is 11.6 Å². The highest BCUT2D eigenvalue weighted by Crippen LogP contribution is 2.38. The number of aryl methyl sites for hydroxylation is 1. The van der Waals surface area contributed by atoms with E-state index in [4.69, 9.17) is 5.73 Å². The molecule has 0 aliphatic heterocycles. The summed E-state index contributed by atoms with van der Waals surface area (Å²) in [5, 5.41) is 0. The second-order valence-electron chi connectivity index (χ2n) is 7.16. The van der Waals surface area contributed by atoms with Crippen molar-refractivity contribution in [3.8, 4) is 0 Å². The zero-order valence-corrected chi connectivity index (χ0v) is 14.0. The van der Waals surface area contributed by atoms with Crippen LogP contribution in [0.1, 0.15) is 51.0 Å². The van der Waals surface area contributed by atoms with Crippen molar-refractivity contribution in [1.29, 1.82) is 0 Å². The van der Waals surface area contributed by atoms with Gasteiger partial charge in [0.1, 0.15) is 0 Å². The van der Waals surface area contributed by atoms with Crippen LogP contribution in [0.5, 0.6) is 0 Å². The lowest BCUT2D eigenvalue weighted by Crippen LogP contribution is -2.59. The fourth-order valence-electron chi connectivity index (χ4n) is 3.85. The van der Waals surface area contributed by atoms with Gasteiger partial charge in [-0.3, -0.25) is 0 Å². The van der Waals surface area contributed by atoms with Crippen LogP contribution in [0.2, 0.25) is 0 Å². The SMILES string of the molecule is CC1CCC(C(N)CCCc2ccccc2)(N(C)C)CC1. The summed E-state index contributed by atoms with van der Waals surface area (Å²) in [7, 11) is 4.43. The van der Waals surface area contributed by atoms with E-state index < -0.39 is 0 Å². The van der Waals surface area contributed by atoms with Crippen LogP contribution in [0.15, 0.2) is 30.3 Å². The van der Waals surface area contributed by atoms with E-state index in [0.717, 1.165) is 18.8 Å². The molecule has 0 amide bonds. The Morgan fingerprint density at radius 2 is 1.81 bits per heavy atom. The van der Waals surface area contributed by atoms with Crippen molar-refractivity contribution in [2.45, 2.75) is 63.5 Å². The largest absolute Gasteiger partial charge is 0.326 e. The van der Waals surface area contributed by atoms with Crippen LogP contribution in [0.4, 0.5) is 0 Å². The Hall–Kier alpha value is -0.860. The Morgan fingerprint density at radius 3 is 2.38 bits per heavy atom. The standard InChI is InChI=1S/C19H32N2/c1-16-12-14-19(15-13-16,21(2)3)18(20)11-7-10-17-8-5-4-6-9-17/h4-6,8-9,16,18H,7,10-15,20H2,1-3H3. The lowest BCUT2D eigenvalue weighted by molar-refractivity contribution is 0.0534. The number of nitrogens with two attached hydrogens (primary N) is 1. The van der Waals surface area contributed by atoms with E-state index in [1.807, 2.05) is 0 Å². The molecule has 0 saturated heterocycles. The fraction of sp³-hybridized carbons (Fsp3) is 0.684. The molecule has 1 aliphatic rings. The molecule has 0 heterocycles. The van der Waals surface area contributed by atoms with E-state index in [9.17, 15) is 0 Å². The first kappa shape index (κ1) is 16.5. The minimum absolute atomic E-state index is 0.225. The first-order valence-electron chi connectivity index (χ1n) is 8.51. The lowest BCUT2D eigenvalue weighted by atomic mass is 9.71. The Morgan fingerprint density at radius 1 is 1.19 bits per heavy atom. The number of hydrogen-bond donors (Lipinski definition) is 1. The topological polar surface area (TPSA) is 29.3 Å². The summed E-state index contributed by atoms with van der Waals surface area (Å²) in [5.41, 5.74) is 8.31. The number of likely N-dealkylation sites (N-methyl/N-ethyl adjacent to an activating group) is 1. The predicted octanol–water partition coefficient (Wildman–Crippen LogP) is 3.85. The van der Waals surface area contributed by atoms with Gasteiger partial charge in [-0.2, -0.15) is 0 Å². The van der Waals surface area contributed by atoms with Gasteiger partial charge in [-0.15, -0.1) is 0 Å². The Balaban J connectivity index is 1.89. The van der Waals surface area contributed by atoms with Gasteiger partial charge in [0.05, 0.1) is 0 Å². The molecule has 1 atom stereocenters. The van der Waals surface area contributed by atoms with E-state index in [0.29, 0.717) is 6.04 Å². The molecule has 1 saturated carbocycles. The normalized spacial score (nSPS) is 27.8. The van der Waals surface area contributed by atoms with Crippen LogP contribution in [-0.2, 0) is 6.42 Å². The molecular weight excluding hydrogens is 256 g/mol. The van der Waals surface area contributed by atoms with Crippen molar-refractivity contribution in [3.63, 3.8) is 0 Å². The molecule has 1 fully saturated rings. The molecule has 1 unspecified atom stereocenters. The van der Waals surface area contributed by atoms with Crippen LogP contribution in [0, 0.1) is 5.92 Å². The molecule has 2 heteroatoms. The van der Waals surface area contributed by atoms with Gasteiger partial charge in [-0.05, 0) is 70.5 Å². The van der Waals surface area contributed by atoms with Crippen LogP contribution < -0.4 is 5.73 Å². The highest BCUT2D eigenvalue weighted by atomic mass is 15.2. The van der Waals surface area contributed by atoms with Crippen molar-refractivity contribution in [1.82, 2.24) is 4.90 Å². The molecular formula is C19H32N2. The predicted molar refractivity (Wildman–Crippen MR) is 91.4 cm³/mol. The fourth-order valence-corrected chi connectivity index (χ4v) is 3.85. The Kier molecular flexibility index (Phi) is 5.83. The molecule has 1 aromatic rings. The zero-order chi connectivity index (χ0) is 15.3. The molecule has 118 valence electrons. The minimum atomic E-state index is 0.225. The second kappa shape index (κ2) is 7.42. The summed E-state index contributed by atoms with van der Waals surface area (Å²) in [6.07, 6.45) is 8.63. The summed E-state index contributed by atoms with van der Waals surface area (Å²) < 4.78 is 0. The maximum Gasteiger partial charge on any atom is 0.0354 e. The van der Waals surface area contributed by atoms with Crippen molar-refractivity contribution in [2.75, 3.05) is 14.1 Å². The average molecular weight is 288 g/mol. The van der Waals surface area contributed by atoms with Gasteiger partial charge in [0.25, 0.3) is 0 Å². The van der Waals surface area contributed by atoms with Gasteiger partial charge >= 0.3 is 0 Å². The molecule has 1 aliphatic carbocycles. The number of nitrogens with zero attached hydrogens (tertiary/aromatic N) is 1. The third-order valence-corrected chi connectivity index (χ3v) is 5.54. The van der Waals surface area contributed by atoms with Crippen LogP contribution in [-0.4, -0.2) is 30.6 Å². The van der Waals surface area contributed by atoms with Crippen molar-refractivity contribution in [3.05, 3.63) is 35.9 Å². The second-order valence-corrected chi connectivity index (χ2v) is 7.16. The van der Waals surface area contributed by atoms with E-state index in [-0.39, 0.29) is 5.54 Å². The van der Waals surface area contributed by atoms with Gasteiger partial charge in [-0.25, -0.2) is 0 Å². The number of rotatable bonds is 6. The maximum absolute atomic E-state index is 6.65. The quantitative estimate of drug-likeness (QED) is 0.861. The summed E-state index contributed by atoms with van der Waals surface area (Å²) in [4.78, 5) is 2.41. The van der Waals surface area contributed by atoms with Crippen molar-refractivity contribution >= 4 is 0 Å². The van der Waals surface area contributed by atoms with Gasteiger partial charge < -0.3 is 10.6 Å². The first-order chi connectivity index (χ1) is 10.0. The van der Waals surface area contributed by atoms with Crippen LogP contribution in [0.25, 0.3) is 0 Å². The maximum atomic E-state index is 6.65. The summed E-state index contributed by atoms with van der Waals surface area (Å²) in [6, 6.07) is 11.1. The molecule has 21 heavy (non-hydrogen) atoms. The summed E-state index contributed by atoms with van der Waals surface area (Å²) in [5.74, 6) is 0.870. The average Bonchev–Trinajstić information content (AvgIpc) is 2.49. The van der Waals surface area contributed by atoms with Crippen LogP contribution >= 0.6 is 0 Å². The van der Waals surface area contributed by atoms with E-state index in [1.165, 1.54) is 37.7 Å². The lowest BCUT2D eigenvalue weighted by Gasteiger charge is -2.48.